The maximum atomic E-state index is 5.93. The van der Waals surface area contributed by atoms with Crippen LogP contribution in [0.5, 0.6) is 5.75 Å². The molecule has 1 aromatic carbocycles. The Morgan fingerprint density at radius 2 is 2.08 bits per heavy atom. The molecule has 1 saturated heterocycles. The molecule has 6 heteroatoms. The largest absolute Gasteiger partial charge is 0.489 e. The molecule has 2 atom stereocenters. The van der Waals surface area contributed by atoms with Crippen LogP contribution in [0.25, 0.3) is 0 Å². The summed E-state index contributed by atoms with van der Waals surface area (Å²) in [6, 6.07) is 8.15. The second-order valence-electron chi connectivity index (χ2n) is 6.23. The minimum absolute atomic E-state index is 0. The van der Waals surface area contributed by atoms with Gasteiger partial charge >= 0.3 is 0 Å². The van der Waals surface area contributed by atoms with Crippen LogP contribution < -0.4 is 10.1 Å². The normalized spacial score (nSPS) is 18.9. The van der Waals surface area contributed by atoms with Crippen LogP contribution in [0.3, 0.4) is 0 Å². The predicted octanol–water partition coefficient (Wildman–Crippen LogP) is 2.92. The molecule has 1 aliphatic rings. The Labute approximate surface area is 162 Å². The van der Waals surface area contributed by atoms with Crippen LogP contribution >= 0.6 is 24.0 Å². The van der Waals surface area contributed by atoms with Gasteiger partial charge in [-0.15, -0.1) is 24.0 Å². The van der Waals surface area contributed by atoms with E-state index in [1.165, 1.54) is 5.56 Å². The number of guanidine groups is 1. The van der Waals surface area contributed by atoms with Gasteiger partial charge in [0.25, 0.3) is 0 Å². The lowest BCUT2D eigenvalue weighted by atomic mass is 10.1. The molecular weight excluding hydrogens is 417 g/mol. The summed E-state index contributed by atoms with van der Waals surface area (Å²) in [6.07, 6.45) is 1.23. The number of benzene rings is 1. The molecular formula is C18H30IN3O2. The molecule has 1 heterocycles. The first kappa shape index (κ1) is 21.0. The maximum Gasteiger partial charge on any atom is 0.193 e. The molecule has 1 N–H and O–H groups in total. The Morgan fingerprint density at radius 1 is 1.38 bits per heavy atom. The molecule has 0 saturated carbocycles. The number of halogens is 1. The standard InChI is InChI=1S/C18H29N3O2.HI/c1-14-5-7-17(8-6-14)23-15(2)11-20-18(19-3)21-10-9-16(12-21)13-22-4;/h5-8,15-16H,9-13H2,1-4H3,(H,19,20);1H. The zero-order chi connectivity index (χ0) is 16.7. The SMILES string of the molecule is CN=C(NCC(C)Oc1ccc(C)cc1)N1CCC(COC)C1.I. The van der Waals surface area contributed by atoms with Crippen LogP contribution in [0, 0.1) is 12.8 Å². The minimum atomic E-state index is 0. The molecule has 0 bridgehead atoms. The maximum absolute atomic E-state index is 5.93. The Bertz CT molecular complexity index is 507. The average Bonchev–Trinajstić information content (AvgIpc) is 2.99. The number of aryl methyl sites for hydroxylation is 1. The number of nitrogens with one attached hydrogen (secondary N) is 1. The van der Waals surface area contributed by atoms with E-state index in [4.69, 9.17) is 9.47 Å². The lowest BCUT2D eigenvalue weighted by Gasteiger charge is -2.23. The van der Waals surface area contributed by atoms with Crippen molar-refractivity contribution in [3.8, 4) is 5.75 Å². The van der Waals surface area contributed by atoms with Crippen LogP contribution in [-0.2, 0) is 4.74 Å². The van der Waals surface area contributed by atoms with Crippen molar-refractivity contribution in [1.29, 1.82) is 0 Å². The van der Waals surface area contributed by atoms with Gasteiger partial charge in [-0.1, -0.05) is 17.7 Å². The Kier molecular flexibility index (Phi) is 9.43. The monoisotopic (exact) mass is 447 g/mol. The molecule has 0 spiro atoms. The number of hydrogen-bond acceptors (Lipinski definition) is 3. The summed E-state index contributed by atoms with van der Waals surface area (Å²) in [5, 5.41) is 3.42. The topological polar surface area (TPSA) is 46.1 Å². The molecule has 136 valence electrons. The van der Waals surface area contributed by atoms with Gasteiger partial charge in [0.05, 0.1) is 13.2 Å². The van der Waals surface area contributed by atoms with Crippen LogP contribution in [0.4, 0.5) is 0 Å². The highest BCUT2D eigenvalue weighted by atomic mass is 127. The van der Waals surface area contributed by atoms with Crippen molar-refractivity contribution in [2.24, 2.45) is 10.9 Å². The quantitative estimate of drug-likeness (QED) is 0.414. The van der Waals surface area contributed by atoms with E-state index < -0.39 is 0 Å². The number of rotatable bonds is 6. The molecule has 1 fully saturated rings. The minimum Gasteiger partial charge on any atom is -0.489 e. The fraction of sp³-hybridized carbons (Fsp3) is 0.611. The van der Waals surface area contributed by atoms with Crippen LogP contribution in [-0.4, -0.2) is 57.4 Å². The zero-order valence-electron chi connectivity index (χ0n) is 15.1. The van der Waals surface area contributed by atoms with Gasteiger partial charge in [0.15, 0.2) is 5.96 Å². The highest BCUT2D eigenvalue weighted by Crippen LogP contribution is 2.16. The predicted molar refractivity (Wildman–Crippen MR) is 110 cm³/mol. The van der Waals surface area contributed by atoms with Gasteiger partial charge in [-0.25, -0.2) is 0 Å². The number of ether oxygens (including phenoxy) is 2. The molecule has 1 aliphatic heterocycles. The van der Waals surface area contributed by atoms with Crippen molar-refractivity contribution in [2.75, 3.05) is 40.4 Å². The summed E-state index contributed by atoms with van der Waals surface area (Å²) in [5.41, 5.74) is 1.24. The van der Waals surface area contributed by atoms with Gasteiger partial charge in [-0.3, -0.25) is 4.99 Å². The molecule has 0 radical (unpaired) electrons. The lowest BCUT2D eigenvalue weighted by molar-refractivity contribution is 0.157. The second-order valence-corrected chi connectivity index (χ2v) is 6.23. The number of nitrogens with zero attached hydrogens (tertiary/aromatic N) is 2. The third-order valence-corrected chi connectivity index (χ3v) is 4.11. The fourth-order valence-corrected chi connectivity index (χ4v) is 2.85. The number of hydrogen-bond donors (Lipinski definition) is 1. The number of likely N-dealkylation sites (tertiary alicyclic amines) is 1. The molecule has 5 nitrogen and oxygen atoms in total. The van der Waals surface area contributed by atoms with Crippen molar-refractivity contribution in [3.05, 3.63) is 29.8 Å². The molecule has 0 aliphatic carbocycles. The van der Waals surface area contributed by atoms with E-state index in [9.17, 15) is 0 Å². The van der Waals surface area contributed by atoms with E-state index in [2.05, 4.69) is 41.2 Å². The van der Waals surface area contributed by atoms with Gasteiger partial charge in [-0.2, -0.15) is 0 Å². The average molecular weight is 447 g/mol. The van der Waals surface area contributed by atoms with Crippen molar-refractivity contribution in [2.45, 2.75) is 26.4 Å². The third-order valence-electron chi connectivity index (χ3n) is 4.11. The zero-order valence-corrected chi connectivity index (χ0v) is 17.4. The van der Waals surface area contributed by atoms with E-state index >= 15 is 0 Å². The van der Waals surface area contributed by atoms with Crippen LogP contribution in [0.2, 0.25) is 0 Å². The highest BCUT2D eigenvalue weighted by molar-refractivity contribution is 14.0. The molecule has 0 amide bonds. The first-order valence-corrected chi connectivity index (χ1v) is 8.30. The van der Waals surface area contributed by atoms with E-state index in [1.54, 1.807) is 7.11 Å². The van der Waals surface area contributed by atoms with Gasteiger partial charge in [-0.05, 0) is 32.4 Å². The summed E-state index contributed by atoms with van der Waals surface area (Å²) >= 11 is 0. The molecule has 2 unspecified atom stereocenters. The van der Waals surface area contributed by atoms with Crippen molar-refractivity contribution >= 4 is 29.9 Å². The lowest BCUT2D eigenvalue weighted by Crippen LogP contribution is -2.43. The van der Waals surface area contributed by atoms with E-state index in [1.807, 2.05) is 19.2 Å². The van der Waals surface area contributed by atoms with Crippen molar-refractivity contribution < 1.29 is 9.47 Å². The first-order valence-electron chi connectivity index (χ1n) is 8.30. The summed E-state index contributed by atoms with van der Waals surface area (Å²) in [6.45, 7) is 7.72. The van der Waals surface area contributed by atoms with Gasteiger partial charge < -0.3 is 19.7 Å². The summed E-state index contributed by atoms with van der Waals surface area (Å²) in [4.78, 5) is 6.68. The number of aliphatic imine (C=N–C) groups is 1. The Morgan fingerprint density at radius 3 is 2.71 bits per heavy atom. The smallest absolute Gasteiger partial charge is 0.193 e. The Balaban J connectivity index is 0.00000288. The second kappa shape index (κ2) is 10.8. The molecule has 1 aromatic rings. The summed E-state index contributed by atoms with van der Waals surface area (Å²) < 4.78 is 11.2. The number of methoxy groups -OCH3 is 1. The van der Waals surface area contributed by atoms with Crippen molar-refractivity contribution in [1.82, 2.24) is 10.2 Å². The van der Waals surface area contributed by atoms with Crippen LogP contribution in [0.1, 0.15) is 18.9 Å². The van der Waals surface area contributed by atoms with E-state index in [0.717, 1.165) is 44.4 Å². The summed E-state index contributed by atoms with van der Waals surface area (Å²) in [7, 11) is 3.59. The molecule has 24 heavy (non-hydrogen) atoms. The van der Waals surface area contributed by atoms with Crippen LogP contribution in [0.15, 0.2) is 29.3 Å². The molecule has 0 aromatic heterocycles. The van der Waals surface area contributed by atoms with Gasteiger partial charge in [0.1, 0.15) is 11.9 Å². The van der Waals surface area contributed by atoms with Crippen molar-refractivity contribution in [3.63, 3.8) is 0 Å². The van der Waals surface area contributed by atoms with E-state index in [-0.39, 0.29) is 30.1 Å². The highest BCUT2D eigenvalue weighted by Gasteiger charge is 2.24. The fourth-order valence-electron chi connectivity index (χ4n) is 2.85. The van der Waals surface area contributed by atoms with E-state index in [0.29, 0.717) is 5.92 Å². The van der Waals surface area contributed by atoms with Gasteiger partial charge in [0, 0.05) is 33.2 Å². The first-order chi connectivity index (χ1) is 11.1. The Hall–Kier alpha value is -1.02. The molecule has 2 rings (SSSR count). The third kappa shape index (κ3) is 6.47. The van der Waals surface area contributed by atoms with Gasteiger partial charge in [0.2, 0.25) is 0 Å². The summed E-state index contributed by atoms with van der Waals surface area (Å²) in [5.74, 6) is 2.45.